The standard InChI is InChI=1S/C19H24N4O6/c1-12(2)21-14(24)9-20-15(25)11-29-16(26)10-23-17(27)19(3,22-18(23)28)13-7-5-4-6-8-13/h4-8,12H,9-11H2,1-3H3,(H,20,25)(H,21,24)(H,22,28)/t19-/m1/s1. The molecule has 1 heterocycles. The highest BCUT2D eigenvalue weighted by Gasteiger charge is 2.49. The highest BCUT2D eigenvalue weighted by molar-refractivity contribution is 6.08. The fourth-order valence-electron chi connectivity index (χ4n) is 2.73. The normalized spacial score (nSPS) is 18.4. The van der Waals surface area contributed by atoms with E-state index in [0.29, 0.717) is 5.56 Å². The van der Waals surface area contributed by atoms with Crippen LogP contribution in [0.15, 0.2) is 30.3 Å². The second kappa shape index (κ2) is 9.18. The molecule has 1 saturated heterocycles. The van der Waals surface area contributed by atoms with Crippen molar-refractivity contribution in [3.8, 4) is 0 Å². The number of esters is 1. The van der Waals surface area contributed by atoms with Gasteiger partial charge in [-0.1, -0.05) is 30.3 Å². The van der Waals surface area contributed by atoms with Gasteiger partial charge in [0.05, 0.1) is 6.54 Å². The van der Waals surface area contributed by atoms with Crippen LogP contribution in [0.1, 0.15) is 26.3 Å². The number of urea groups is 1. The van der Waals surface area contributed by atoms with Crippen molar-refractivity contribution in [3.63, 3.8) is 0 Å². The Morgan fingerprint density at radius 2 is 1.79 bits per heavy atom. The molecule has 10 heteroatoms. The molecule has 1 atom stereocenters. The molecule has 29 heavy (non-hydrogen) atoms. The van der Waals surface area contributed by atoms with E-state index in [1.54, 1.807) is 51.1 Å². The number of ether oxygens (including phenoxy) is 1. The molecule has 0 aliphatic carbocycles. The smallest absolute Gasteiger partial charge is 0.326 e. The van der Waals surface area contributed by atoms with E-state index >= 15 is 0 Å². The maximum absolute atomic E-state index is 12.7. The second-order valence-electron chi connectivity index (χ2n) is 6.97. The summed E-state index contributed by atoms with van der Waals surface area (Å²) in [6, 6.07) is 7.84. The summed E-state index contributed by atoms with van der Waals surface area (Å²) in [7, 11) is 0. The monoisotopic (exact) mass is 404 g/mol. The zero-order valence-electron chi connectivity index (χ0n) is 16.5. The summed E-state index contributed by atoms with van der Waals surface area (Å²) in [6.45, 7) is 3.59. The van der Waals surface area contributed by atoms with Crippen LogP contribution in [0.2, 0.25) is 0 Å². The third-order valence-electron chi connectivity index (χ3n) is 4.17. The molecule has 0 saturated carbocycles. The van der Waals surface area contributed by atoms with Gasteiger partial charge < -0.3 is 20.7 Å². The Morgan fingerprint density at radius 1 is 1.14 bits per heavy atom. The van der Waals surface area contributed by atoms with Crippen molar-refractivity contribution in [2.24, 2.45) is 0 Å². The lowest BCUT2D eigenvalue weighted by Crippen LogP contribution is -2.42. The number of nitrogens with zero attached hydrogens (tertiary/aromatic N) is 1. The average Bonchev–Trinajstić information content (AvgIpc) is 2.89. The molecule has 0 radical (unpaired) electrons. The minimum Gasteiger partial charge on any atom is -0.454 e. The van der Waals surface area contributed by atoms with Gasteiger partial charge in [-0.25, -0.2) is 4.79 Å². The molecule has 0 spiro atoms. The lowest BCUT2D eigenvalue weighted by atomic mass is 9.92. The van der Waals surface area contributed by atoms with Crippen LogP contribution in [0.5, 0.6) is 0 Å². The molecule has 1 fully saturated rings. The van der Waals surface area contributed by atoms with Crippen LogP contribution in [0, 0.1) is 0 Å². The van der Waals surface area contributed by atoms with E-state index in [1.165, 1.54) is 0 Å². The van der Waals surface area contributed by atoms with Crippen LogP contribution < -0.4 is 16.0 Å². The molecule has 0 aromatic heterocycles. The molecule has 0 bridgehead atoms. The maximum atomic E-state index is 12.7. The van der Waals surface area contributed by atoms with Gasteiger partial charge in [0.25, 0.3) is 11.8 Å². The van der Waals surface area contributed by atoms with E-state index < -0.39 is 42.5 Å². The van der Waals surface area contributed by atoms with E-state index in [2.05, 4.69) is 16.0 Å². The van der Waals surface area contributed by atoms with Crippen LogP contribution in [0.3, 0.4) is 0 Å². The average molecular weight is 404 g/mol. The minimum absolute atomic E-state index is 0.0667. The van der Waals surface area contributed by atoms with Crippen LogP contribution in [0.25, 0.3) is 0 Å². The highest BCUT2D eigenvalue weighted by Crippen LogP contribution is 2.28. The fraction of sp³-hybridized carbons (Fsp3) is 0.421. The quantitative estimate of drug-likeness (QED) is 0.400. The van der Waals surface area contributed by atoms with E-state index in [1.807, 2.05) is 0 Å². The lowest BCUT2D eigenvalue weighted by molar-refractivity contribution is -0.151. The van der Waals surface area contributed by atoms with E-state index in [-0.39, 0.29) is 18.5 Å². The van der Waals surface area contributed by atoms with Crippen molar-refractivity contribution in [2.45, 2.75) is 32.4 Å². The molecule has 5 amide bonds. The van der Waals surface area contributed by atoms with Crippen molar-refractivity contribution in [2.75, 3.05) is 19.7 Å². The predicted molar refractivity (Wildman–Crippen MR) is 101 cm³/mol. The molecular weight excluding hydrogens is 380 g/mol. The summed E-state index contributed by atoms with van der Waals surface area (Å²) >= 11 is 0. The molecule has 1 aliphatic heterocycles. The number of hydrogen-bond donors (Lipinski definition) is 3. The summed E-state index contributed by atoms with van der Waals surface area (Å²) in [5, 5.41) is 7.46. The summed E-state index contributed by atoms with van der Waals surface area (Å²) < 4.78 is 4.79. The molecule has 1 aliphatic rings. The van der Waals surface area contributed by atoms with Crippen molar-refractivity contribution in [3.05, 3.63) is 35.9 Å². The topological polar surface area (TPSA) is 134 Å². The molecule has 1 aromatic carbocycles. The van der Waals surface area contributed by atoms with Gasteiger partial charge >= 0.3 is 12.0 Å². The van der Waals surface area contributed by atoms with Gasteiger partial charge in [-0.2, -0.15) is 0 Å². The van der Waals surface area contributed by atoms with E-state index in [0.717, 1.165) is 4.90 Å². The molecule has 156 valence electrons. The first-order valence-electron chi connectivity index (χ1n) is 9.05. The van der Waals surface area contributed by atoms with Crippen molar-refractivity contribution in [1.29, 1.82) is 0 Å². The van der Waals surface area contributed by atoms with Gasteiger partial charge in [-0.3, -0.25) is 24.1 Å². The van der Waals surface area contributed by atoms with Crippen LogP contribution in [-0.4, -0.2) is 60.4 Å². The number of amides is 5. The molecule has 1 aromatic rings. The first-order chi connectivity index (χ1) is 13.6. The number of carbonyl (C=O) groups excluding carboxylic acids is 5. The second-order valence-corrected chi connectivity index (χ2v) is 6.97. The van der Waals surface area contributed by atoms with Crippen molar-refractivity contribution in [1.82, 2.24) is 20.9 Å². The van der Waals surface area contributed by atoms with Gasteiger partial charge in [0, 0.05) is 6.04 Å². The molecule has 0 unspecified atom stereocenters. The summed E-state index contributed by atoms with van der Waals surface area (Å²) in [6.07, 6.45) is 0. The first kappa shape index (κ1) is 21.9. The zero-order valence-corrected chi connectivity index (χ0v) is 16.5. The van der Waals surface area contributed by atoms with E-state index in [4.69, 9.17) is 4.74 Å². The number of nitrogens with one attached hydrogen (secondary N) is 3. The summed E-state index contributed by atoms with van der Waals surface area (Å²) in [4.78, 5) is 60.7. The minimum atomic E-state index is -1.29. The maximum Gasteiger partial charge on any atom is 0.326 e. The third kappa shape index (κ3) is 5.53. The first-order valence-corrected chi connectivity index (χ1v) is 9.05. The number of imide groups is 1. The number of rotatable bonds is 8. The molecule has 3 N–H and O–H groups in total. The zero-order chi connectivity index (χ0) is 21.6. The SMILES string of the molecule is CC(C)NC(=O)CNC(=O)COC(=O)CN1C(=O)N[C@](C)(c2ccccc2)C1=O. The molecule has 10 nitrogen and oxygen atoms in total. The van der Waals surface area contributed by atoms with Crippen molar-refractivity contribution >= 4 is 29.7 Å². The van der Waals surface area contributed by atoms with E-state index in [9.17, 15) is 24.0 Å². The Balaban J connectivity index is 1.84. The third-order valence-corrected chi connectivity index (χ3v) is 4.17. The molecule has 2 rings (SSSR count). The predicted octanol–water partition coefficient (Wildman–Crippen LogP) is -0.362. The summed E-state index contributed by atoms with van der Waals surface area (Å²) in [5.74, 6) is -2.57. The van der Waals surface area contributed by atoms with Crippen LogP contribution in [-0.2, 0) is 29.5 Å². The summed E-state index contributed by atoms with van der Waals surface area (Å²) in [5.41, 5.74) is -0.715. The van der Waals surface area contributed by atoms with Gasteiger partial charge in [0.1, 0.15) is 12.1 Å². The Morgan fingerprint density at radius 3 is 2.41 bits per heavy atom. The molecular formula is C19H24N4O6. The number of carbonyl (C=O) groups is 5. The lowest BCUT2D eigenvalue weighted by Gasteiger charge is -2.21. The Bertz CT molecular complexity index is 810. The largest absolute Gasteiger partial charge is 0.454 e. The Labute approximate surface area is 168 Å². The van der Waals surface area contributed by atoms with Gasteiger partial charge in [-0.05, 0) is 26.3 Å². The fourth-order valence-corrected chi connectivity index (χ4v) is 2.73. The van der Waals surface area contributed by atoms with Crippen LogP contribution in [0.4, 0.5) is 4.79 Å². The van der Waals surface area contributed by atoms with Gasteiger partial charge in [0.15, 0.2) is 6.61 Å². The van der Waals surface area contributed by atoms with Gasteiger partial charge in [-0.15, -0.1) is 0 Å². The van der Waals surface area contributed by atoms with Crippen LogP contribution >= 0.6 is 0 Å². The Kier molecular flexibility index (Phi) is 6.92. The number of hydrogen-bond acceptors (Lipinski definition) is 6. The Hall–Kier alpha value is -3.43. The van der Waals surface area contributed by atoms with Crippen molar-refractivity contribution < 1.29 is 28.7 Å². The van der Waals surface area contributed by atoms with Gasteiger partial charge in [0.2, 0.25) is 5.91 Å². The number of benzene rings is 1. The highest BCUT2D eigenvalue weighted by atomic mass is 16.5.